The summed E-state index contributed by atoms with van der Waals surface area (Å²) in [5.74, 6) is 1.66. The second-order valence-electron chi connectivity index (χ2n) is 6.89. The van der Waals surface area contributed by atoms with E-state index in [9.17, 15) is 4.79 Å². The number of hydrogen-bond acceptors (Lipinski definition) is 3. The van der Waals surface area contributed by atoms with Crippen LogP contribution in [0.3, 0.4) is 0 Å². The van der Waals surface area contributed by atoms with Crippen molar-refractivity contribution in [3.05, 3.63) is 70.4 Å². The summed E-state index contributed by atoms with van der Waals surface area (Å²) in [5, 5.41) is 4.72. The molecule has 6 heteroatoms. The average molecular weight is 413 g/mol. The van der Waals surface area contributed by atoms with E-state index in [1.165, 1.54) is 0 Å². The number of nitrogens with one attached hydrogen (secondary N) is 1. The summed E-state index contributed by atoms with van der Waals surface area (Å²) in [6.45, 7) is 2.82. The monoisotopic (exact) mass is 412 g/mol. The first-order valence-electron chi connectivity index (χ1n) is 9.44. The zero-order valence-corrected chi connectivity index (χ0v) is 17.1. The van der Waals surface area contributed by atoms with E-state index in [-0.39, 0.29) is 11.8 Å². The van der Waals surface area contributed by atoms with Gasteiger partial charge in [0.15, 0.2) is 10.9 Å². The van der Waals surface area contributed by atoms with Crippen LogP contribution >= 0.6 is 23.8 Å². The largest absolute Gasteiger partial charge is 0.457 e. The molecule has 1 aliphatic heterocycles. The Balaban J connectivity index is 1.62. The predicted molar refractivity (Wildman–Crippen MR) is 115 cm³/mol. The van der Waals surface area contributed by atoms with E-state index in [2.05, 4.69) is 17.1 Å². The fraction of sp³-hybridized carbons (Fsp3) is 0.273. The van der Waals surface area contributed by atoms with Crippen LogP contribution in [0.2, 0.25) is 5.02 Å². The Morgan fingerprint density at radius 1 is 1.11 bits per heavy atom. The van der Waals surface area contributed by atoms with E-state index in [1.54, 1.807) is 12.1 Å². The minimum Gasteiger partial charge on any atom is -0.457 e. The number of Topliss-reactive ketones (excluding diaryl/α,β-unsaturated/α-hetero) is 1. The third-order valence-electron chi connectivity index (χ3n) is 5.14. The maximum atomic E-state index is 12.7. The summed E-state index contributed by atoms with van der Waals surface area (Å²) in [6, 6.07) is 14.8. The smallest absolute Gasteiger partial charge is 0.173 e. The van der Waals surface area contributed by atoms with Crippen molar-refractivity contribution in [2.24, 2.45) is 0 Å². The Morgan fingerprint density at radius 2 is 1.75 bits per heavy atom. The molecule has 0 amide bonds. The van der Waals surface area contributed by atoms with Gasteiger partial charge in [-0.2, -0.15) is 0 Å². The summed E-state index contributed by atoms with van der Waals surface area (Å²) in [6.07, 6.45) is 2.38. The molecule has 4 nitrogen and oxygen atoms in total. The summed E-state index contributed by atoms with van der Waals surface area (Å²) < 4.78 is 5.87. The highest BCUT2D eigenvalue weighted by molar-refractivity contribution is 7.80. The average Bonchev–Trinajstić information content (AvgIpc) is 2.70. The molecule has 2 aliphatic rings. The van der Waals surface area contributed by atoms with Crippen LogP contribution in [0.15, 0.2) is 59.8 Å². The zero-order chi connectivity index (χ0) is 19.7. The predicted octanol–water partition coefficient (Wildman–Crippen LogP) is 5.39. The van der Waals surface area contributed by atoms with Crippen LogP contribution in [-0.2, 0) is 4.79 Å². The van der Waals surface area contributed by atoms with Crippen molar-refractivity contribution in [3.63, 3.8) is 0 Å². The molecule has 0 fully saturated rings. The summed E-state index contributed by atoms with van der Waals surface area (Å²) in [4.78, 5) is 14.8. The van der Waals surface area contributed by atoms with Crippen molar-refractivity contribution in [1.29, 1.82) is 0 Å². The highest BCUT2D eigenvalue weighted by Gasteiger charge is 2.36. The van der Waals surface area contributed by atoms with Crippen LogP contribution in [0, 0.1) is 0 Å². The van der Waals surface area contributed by atoms with Crippen LogP contribution in [0.5, 0.6) is 11.5 Å². The van der Waals surface area contributed by atoms with Crippen molar-refractivity contribution in [2.45, 2.75) is 32.2 Å². The molecule has 0 saturated carbocycles. The van der Waals surface area contributed by atoms with Crippen LogP contribution in [0.25, 0.3) is 0 Å². The number of thiocarbonyl (C=S) groups is 1. The number of benzene rings is 2. The second kappa shape index (κ2) is 7.94. The van der Waals surface area contributed by atoms with Gasteiger partial charge in [-0.1, -0.05) is 23.7 Å². The van der Waals surface area contributed by atoms with Gasteiger partial charge >= 0.3 is 0 Å². The minimum atomic E-state index is -0.206. The zero-order valence-electron chi connectivity index (χ0n) is 15.6. The molecule has 1 atom stereocenters. The van der Waals surface area contributed by atoms with Gasteiger partial charge < -0.3 is 15.0 Å². The third-order valence-corrected chi connectivity index (χ3v) is 5.73. The second-order valence-corrected chi connectivity index (χ2v) is 7.71. The van der Waals surface area contributed by atoms with E-state index in [0.29, 0.717) is 16.6 Å². The van der Waals surface area contributed by atoms with Crippen molar-refractivity contribution >= 4 is 34.7 Å². The van der Waals surface area contributed by atoms with Crippen molar-refractivity contribution in [2.75, 3.05) is 6.54 Å². The molecule has 2 aromatic rings. The molecule has 144 valence electrons. The summed E-state index contributed by atoms with van der Waals surface area (Å²) >= 11 is 11.5. The van der Waals surface area contributed by atoms with Gasteiger partial charge in [-0.25, -0.2) is 0 Å². The number of rotatable bonds is 4. The Bertz CT molecular complexity index is 938. The van der Waals surface area contributed by atoms with Crippen molar-refractivity contribution < 1.29 is 9.53 Å². The highest BCUT2D eigenvalue weighted by Crippen LogP contribution is 2.37. The van der Waals surface area contributed by atoms with Gasteiger partial charge in [-0.15, -0.1) is 0 Å². The van der Waals surface area contributed by atoms with E-state index in [4.69, 9.17) is 28.6 Å². The third kappa shape index (κ3) is 3.64. The molecule has 0 aromatic heterocycles. The number of carbonyl (C=O) groups is 1. The van der Waals surface area contributed by atoms with Gasteiger partial charge in [-0.05, 0) is 73.9 Å². The molecule has 2 aromatic carbocycles. The van der Waals surface area contributed by atoms with Crippen molar-refractivity contribution in [3.8, 4) is 11.5 Å². The molecule has 1 unspecified atom stereocenters. The molecule has 0 radical (unpaired) electrons. The van der Waals surface area contributed by atoms with E-state index in [1.807, 2.05) is 36.4 Å². The van der Waals surface area contributed by atoms with Crippen molar-refractivity contribution in [1.82, 2.24) is 10.2 Å². The molecule has 28 heavy (non-hydrogen) atoms. The Labute approximate surface area is 175 Å². The van der Waals surface area contributed by atoms with E-state index in [0.717, 1.165) is 47.7 Å². The molecular formula is C22H21ClN2O2S. The standard InChI is InChI=1S/C22H21ClN2O2S/c1-2-25-18-4-3-5-19(26)20(18)21(24-22(25)28)14-6-10-16(11-7-14)27-17-12-8-15(23)9-13-17/h6-13,21H,2-5H2,1H3,(H,24,28). The fourth-order valence-corrected chi connectivity index (χ4v) is 4.29. The lowest BCUT2D eigenvalue weighted by molar-refractivity contribution is -0.116. The van der Waals surface area contributed by atoms with Crippen LogP contribution < -0.4 is 10.1 Å². The summed E-state index contributed by atoms with van der Waals surface area (Å²) in [7, 11) is 0. The number of ketones is 1. The maximum Gasteiger partial charge on any atom is 0.173 e. The Morgan fingerprint density at radius 3 is 2.39 bits per heavy atom. The number of carbonyl (C=O) groups excluding carboxylic acids is 1. The van der Waals surface area contributed by atoms with Gasteiger partial charge in [-0.3, -0.25) is 4.79 Å². The summed E-state index contributed by atoms with van der Waals surface area (Å²) in [5.41, 5.74) is 2.94. The van der Waals surface area contributed by atoms with E-state index >= 15 is 0 Å². The highest BCUT2D eigenvalue weighted by atomic mass is 35.5. The molecule has 0 bridgehead atoms. The lowest BCUT2D eigenvalue weighted by atomic mass is 9.85. The van der Waals surface area contributed by atoms with Gasteiger partial charge in [0, 0.05) is 29.3 Å². The Kier molecular flexibility index (Phi) is 5.38. The van der Waals surface area contributed by atoms with Crippen LogP contribution in [0.4, 0.5) is 0 Å². The van der Waals surface area contributed by atoms with Gasteiger partial charge in [0.2, 0.25) is 0 Å². The number of allylic oxidation sites excluding steroid dienone is 1. The topological polar surface area (TPSA) is 41.6 Å². The number of ether oxygens (including phenoxy) is 1. The molecule has 1 heterocycles. The molecule has 1 aliphatic carbocycles. The first kappa shape index (κ1) is 19.0. The lowest BCUT2D eigenvalue weighted by Crippen LogP contribution is -2.49. The fourth-order valence-electron chi connectivity index (χ4n) is 3.80. The lowest BCUT2D eigenvalue weighted by Gasteiger charge is -2.40. The van der Waals surface area contributed by atoms with E-state index < -0.39 is 0 Å². The molecule has 0 saturated heterocycles. The molecule has 1 N–H and O–H groups in total. The van der Waals surface area contributed by atoms with Gasteiger partial charge in [0.1, 0.15) is 11.5 Å². The maximum absolute atomic E-state index is 12.7. The number of halogens is 1. The SMILES string of the molecule is CCN1C(=S)NC(c2ccc(Oc3ccc(Cl)cc3)cc2)C2=C1CCCC2=O. The number of hydrogen-bond donors (Lipinski definition) is 1. The minimum absolute atomic E-state index is 0.206. The first-order valence-corrected chi connectivity index (χ1v) is 10.2. The molecule has 4 rings (SSSR count). The Hall–Kier alpha value is -2.37. The van der Waals surface area contributed by atoms with Gasteiger partial charge in [0.05, 0.1) is 6.04 Å². The normalized spacial score (nSPS) is 19.4. The molecule has 0 spiro atoms. The number of nitrogens with zero attached hydrogens (tertiary/aromatic N) is 1. The molecular weight excluding hydrogens is 392 g/mol. The quantitative estimate of drug-likeness (QED) is 0.682. The van der Waals surface area contributed by atoms with Gasteiger partial charge in [0.25, 0.3) is 0 Å². The van der Waals surface area contributed by atoms with Crippen LogP contribution in [0.1, 0.15) is 37.8 Å². The first-order chi connectivity index (χ1) is 13.6. The van der Waals surface area contributed by atoms with Crippen LogP contribution in [-0.4, -0.2) is 22.3 Å².